The number of unbranched alkanes of at least 4 members (excludes halogenated alkanes) is 2. The number of aromatic amines is 1. The summed E-state index contributed by atoms with van der Waals surface area (Å²) in [5, 5.41) is 7.27. The third kappa shape index (κ3) is 6.01. The summed E-state index contributed by atoms with van der Waals surface area (Å²) in [6.07, 6.45) is 3.60. The molecule has 6 nitrogen and oxygen atoms in total. The van der Waals surface area contributed by atoms with E-state index in [1.165, 1.54) is 19.2 Å². The molecule has 1 aromatic heterocycles. The van der Waals surface area contributed by atoms with Gasteiger partial charge in [0.15, 0.2) is 0 Å². The van der Waals surface area contributed by atoms with E-state index >= 15 is 0 Å². The van der Waals surface area contributed by atoms with Crippen molar-refractivity contribution in [3.8, 4) is 11.3 Å². The topological polar surface area (TPSA) is 75.3 Å². The van der Waals surface area contributed by atoms with Crippen molar-refractivity contribution in [1.82, 2.24) is 15.1 Å². The Hall–Kier alpha value is -3.48. The highest BCUT2D eigenvalue weighted by Gasteiger charge is 2.14. The van der Waals surface area contributed by atoms with Crippen LogP contribution in [0, 0.1) is 5.82 Å². The predicted molar refractivity (Wildman–Crippen MR) is 116 cm³/mol. The molecule has 1 amide bonds. The molecular weight excluding hydrogens is 397 g/mol. The van der Waals surface area contributed by atoms with Crippen LogP contribution in [0.4, 0.5) is 4.39 Å². The van der Waals surface area contributed by atoms with Crippen LogP contribution in [0.25, 0.3) is 11.3 Å². The molecule has 0 radical (unpaired) electrons. The zero-order valence-corrected chi connectivity index (χ0v) is 17.7. The standard InChI is InChI=1S/C24H26FN3O3/c1-28(23(29)18-9-6-10-19(14-18)24(30)31-2)13-5-3-4-12-21-16-22(27-26-21)17-8-7-11-20(25)15-17/h6-11,14-16H,3-5,12-13H2,1-2H3,(H,26,27). The Kier molecular flexibility index (Phi) is 7.54. The predicted octanol–water partition coefficient (Wildman–Crippen LogP) is 4.49. The fourth-order valence-corrected chi connectivity index (χ4v) is 3.35. The van der Waals surface area contributed by atoms with Crippen molar-refractivity contribution >= 4 is 11.9 Å². The zero-order valence-electron chi connectivity index (χ0n) is 17.7. The summed E-state index contributed by atoms with van der Waals surface area (Å²) in [7, 11) is 3.07. The molecule has 0 aliphatic carbocycles. The van der Waals surface area contributed by atoms with E-state index in [1.54, 1.807) is 42.3 Å². The maximum absolute atomic E-state index is 13.4. The third-order valence-electron chi connectivity index (χ3n) is 5.07. The largest absolute Gasteiger partial charge is 0.465 e. The number of aryl methyl sites for hydroxylation is 1. The van der Waals surface area contributed by atoms with Gasteiger partial charge in [0.25, 0.3) is 5.91 Å². The van der Waals surface area contributed by atoms with Gasteiger partial charge in [0, 0.05) is 30.4 Å². The monoisotopic (exact) mass is 423 g/mol. The summed E-state index contributed by atoms with van der Waals surface area (Å²) in [6.45, 7) is 0.624. The van der Waals surface area contributed by atoms with E-state index in [0.717, 1.165) is 42.6 Å². The quantitative estimate of drug-likeness (QED) is 0.407. The van der Waals surface area contributed by atoms with Crippen molar-refractivity contribution < 1.29 is 18.7 Å². The Morgan fingerprint density at radius 1 is 1.03 bits per heavy atom. The number of ether oxygens (including phenoxy) is 1. The van der Waals surface area contributed by atoms with Crippen LogP contribution in [-0.4, -0.2) is 47.7 Å². The summed E-state index contributed by atoms with van der Waals surface area (Å²) < 4.78 is 18.1. The first-order valence-corrected chi connectivity index (χ1v) is 10.2. The number of halogens is 1. The number of methoxy groups -OCH3 is 1. The lowest BCUT2D eigenvalue weighted by Gasteiger charge is -2.17. The molecule has 3 rings (SSSR count). The summed E-state index contributed by atoms with van der Waals surface area (Å²) in [5.41, 5.74) is 3.31. The Morgan fingerprint density at radius 2 is 1.81 bits per heavy atom. The molecule has 0 aliphatic rings. The molecule has 0 atom stereocenters. The molecule has 162 valence electrons. The highest BCUT2D eigenvalue weighted by molar-refractivity contribution is 5.97. The van der Waals surface area contributed by atoms with E-state index in [2.05, 4.69) is 10.2 Å². The fourth-order valence-electron chi connectivity index (χ4n) is 3.35. The number of H-pyrrole nitrogens is 1. The van der Waals surface area contributed by atoms with Gasteiger partial charge in [-0.1, -0.05) is 24.6 Å². The van der Waals surface area contributed by atoms with Crippen molar-refractivity contribution in [2.24, 2.45) is 0 Å². The number of esters is 1. The molecular formula is C24H26FN3O3. The van der Waals surface area contributed by atoms with Gasteiger partial charge in [0.05, 0.1) is 18.4 Å². The number of amides is 1. The van der Waals surface area contributed by atoms with Gasteiger partial charge >= 0.3 is 5.97 Å². The van der Waals surface area contributed by atoms with Crippen molar-refractivity contribution in [3.05, 3.63) is 77.2 Å². The summed E-state index contributed by atoms with van der Waals surface area (Å²) in [5.74, 6) is -0.867. The van der Waals surface area contributed by atoms with Gasteiger partial charge in [-0.3, -0.25) is 9.89 Å². The van der Waals surface area contributed by atoms with Crippen LogP contribution in [0.3, 0.4) is 0 Å². The molecule has 1 heterocycles. The maximum Gasteiger partial charge on any atom is 0.337 e. The lowest BCUT2D eigenvalue weighted by atomic mass is 10.1. The number of rotatable bonds is 9. The molecule has 0 unspecified atom stereocenters. The second-order valence-corrected chi connectivity index (χ2v) is 7.40. The van der Waals surface area contributed by atoms with Gasteiger partial charge in [-0.15, -0.1) is 0 Å². The third-order valence-corrected chi connectivity index (χ3v) is 5.07. The Morgan fingerprint density at radius 3 is 2.58 bits per heavy atom. The van der Waals surface area contributed by atoms with Crippen molar-refractivity contribution in [3.63, 3.8) is 0 Å². The number of hydrogen-bond donors (Lipinski definition) is 1. The van der Waals surface area contributed by atoms with Crippen LogP contribution in [0.15, 0.2) is 54.6 Å². The molecule has 0 fully saturated rings. The Labute approximate surface area is 181 Å². The van der Waals surface area contributed by atoms with E-state index in [4.69, 9.17) is 4.74 Å². The number of carbonyl (C=O) groups excluding carboxylic acids is 2. The molecule has 0 saturated heterocycles. The van der Waals surface area contributed by atoms with Gasteiger partial charge in [0.1, 0.15) is 5.82 Å². The average Bonchev–Trinajstić information content (AvgIpc) is 3.26. The van der Waals surface area contributed by atoms with Crippen LogP contribution >= 0.6 is 0 Å². The molecule has 3 aromatic rings. The lowest BCUT2D eigenvalue weighted by Crippen LogP contribution is -2.28. The molecule has 0 spiro atoms. The van der Waals surface area contributed by atoms with Gasteiger partial charge in [-0.25, -0.2) is 9.18 Å². The lowest BCUT2D eigenvalue weighted by molar-refractivity contribution is 0.0600. The van der Waals surface area contributed by atoms with E-state index < -0.39 is 5.97 Å². The van der Waals surface area contributed by atoms with Gasteiger partial charge < -0.3 is 9.64 Å². The highest BCUT2D eigenvalue weighted by atomic mass is 19.1. The van der Waals surface area contributed by atoms with E-state index in [-0.39, 0.29) is 11.7 Å². The average molecular weight is 423 g/mol. The van der Waals surface area contributed by atoms with E-state index in [0.29, 0.717) is 17.7 Å². The van der Waals surface area contributed by atoms with Crippen LogP contribution in [0.2, 0.25) is 0 Å². The van der Waals surface area contributed by atoms with Crippen molar-refractivity contribution in [2.75, 3.05) is 20.7 Å². The first kappa shape index (κ1) is 22.2. The van der Waals surface area contributed by atoms with Crippen molar-refractivity contribution in [1.29, 1.82) is 0 Å². The Bertz CT molecular complexity index is 1050. The normalized spacial score (nSPS) is 10.7. The van der Waals surface area contributed by atoms with Gasteiger partial charge in [0.2, 0.25) is 0 Å². The molecule has 2 aromatic carbocycles. The number of aromatic nitrogens is 2. The highest BCUT2D eigenvalue weighted by Crippen LogP contribution is 2.19. The minimum atomic E-state index is -0.461. The SMILES string of the molecule is COC(=O)c1cccc(C(=O)N(C)CCCCCc2cc(-c3cccc(F)c3)n[nH]2)c1. The van der Waals surface area contributed by atoms with Crippen LogP contribution in [0.1, 0.15) is 45.7 Å². The van der Waals surface area contributed by atoms with Crippen LogP contribution < -0.4 is 0 Å². The summed E-state index contributed by atoms with van der Waals surface area (Å²) in [4.78, 5) is 25.9. The maximum atomic E-state index is 13.4. The minimum absolute atomic E-state index is 0.126. The number of hydrogen-bond acceptors (Lipinski definition) is 4. The molecule has 31 heavy (non-hydrogen) atoms. The van der Waals surface area contributed by atoms with E-state index in [9.17, 15) is 14.0 Å². The van der Waals surface area contributed by atoms with Gasteiger partial charge in [-0.05, 0) is 55.7 Å². The second kappa shape index (κ2) is 10.5. The van der Waals surface area contributed by atoms with Crippen molar-refractivity contribution in [2.45, 2.75) is 25.7 Å². The number of nitrogens with one attached hydrogen (secondary N) is 1. The molecule has 0 bridgehead atoms. The fraction of sp³-hybridized carbons (Fsp3) is 0.292. The molecule has 0 aliphatic heterocycles. The molecule has 7 heteroatoms. The number of carbonyl (C=O) groups is 2. The number of nitrogens with zero attached hydrogens (tertiary/aromatic N) is 2. The second-order valence-electron chi connectivity index (χ2n) is 7.40. The molecule has 1 N–H and O–H groups in total. The molecule has 0 saturated carbocycles. The number of benzene rings is 2. The van der Waals surface area contributed by atoms with Gasteiger partial charge in [-0.2, -0.15) is 5.10 Å². The van der Waals surface area contributed by atoms with Crippen LogP contribution in [-0.2, 0) is 11.2 Å². The first-order chi connectivity index (χ1) is 15.0. The smallest absolute Gasteiger partial charge is 0.337 e. The zero-order chi connectivity index (χ0) is 22.2. The minimum Gasteiger partial charge on any atom is -0.465 e. The summed E-state index contributed by atoms with van der Waals surface area (Å²) >= 11 is 0. The first-order valence-electron chi connectivity index (χ1n) is 10.2. The Balaban J connectivity index is 1.43. The van der Waals surface area contributed by atoms with E-state index in [1.807, 2.05) is 12.1 Å². The summed E-state index contributed by atoms with van der Waals surface area (Å²) in [6, 6.07) is 14.9. The van der Waals surface area contributed by atoms with Crippen LogP contribution in [0.5, 0.6) is 0 Å².